The second-order valence-corrected chi connectivity index (χ2v) is 21.2. The Hall–Kier alpha value is -1.24. The molecule has 30 atom stereocenters. The fourth-order valence-electron chi connectivity index (χ4n) is 12.9. The summed E-state index contributed by atoms with van der Waals surface area (Å²) in [6.45, 7) is -0.285. The SMILES string of the molecule is COC[C@H]1O[C@H](OC[C@H]2O[C@H](OC[C@H]3O[C@H](OC[C@H]4O[C@H](OC[C@H]5O[C@H](OC[C@H]6OC(OC)[C@H](OC)[C@@H](OC)[C@@H]6OC)[C@H](OC)[C@@H](OC)[C@@H]5OC)[C@H](OC)[C@@H](OC)[C@@H]4OC)[C@H](OC)[C@@H](OC)[C@@H]3OC)[C@H](OC)[C@@H](OC)[C@@H]2OC)[C@H](OC)[C@@H](OC)[C@@H]1OC. The van der Waals surface area contributed by atoms with Crippen LogP contribution in [0.2, 0.25) is 0 Å². The maximum absolute atomic E-state index is 6.71. The summed E-state index contributed by atoms with van der Waals surface area (Å²) in [7, 11) is 30.8. The van der Waals surface area contributed by atoms with E-state index in [1.54, 1.807) is 64.0 Å². The summed E-state index contributed by atoms with van der Waals surface area (Å²) in [4.78, 5) is 0. The van der Waals surface area contributed by atoms with Crippen molar-refractivity contribution >= 4 is 0 Å². The van der Waals surface area contributed by atoms with E-state index >= 15 is 0 Å². The monoisotopic (exact) mass is 1270 g/mol. The first-order chi connectivity index (χ1) is 42.3. The van der Waals surface area contributed by atoms with Gasteiger partial charge in [0.2, 0.25) is 0 Å². The highest BCUT2D eigenvalue weighted by atomic mass is 16.8. The molecule has 6 heterocycles. The van der Waals surface area contributed by atoms with Crippen LogP contribution in [0.4, 0.5) is 0 Å². The van der Waals surface area contributed by atoms with Gasteiger partial charge in [-0.05, 0) is 0 Å². The Balaban J connectivity index is 1.17. The van der Waals surface area contributed by atoms with Crippen molar-refractivity contribution in [2.45, 2.75) is 184 Å². The number of rotatable bonds is 36. The highest BCUT2D eigenvalue weighted by Crippen LogP contribution is 2.37. The lowest BCUT2D eigenvalue weighted by molar-refractivity contribution is -0.360. The molecule has 0 saturated carbocycles. The summed E-state index contributed by atoms with van der Waals surface area (Å²) in [6, 6.07) is 0. The normalized spacial score (nSPS) is 43.9. The molecule has 87 heavy (non-hydrogen) atoms. The van der Waals surface area contributed by atoms with Gasteiger partial charge in [0.1, 0.15) is 146 Å². The zero-order valence-corrected chi connectivity index (χ0v) is 54.2. The van der Waals surface area contributed by atoms with Gasteiger partial charge in [0.15, 0.2) is 37.7 Å². The minimum atomic E-state index is -1.10. The Kier molecular flexibility index (Phi) is 32.3. The van der Waals surface area contributed by atoms with Crippen LogP contribution in [0.15, 0.2) is 0 Å². The lowest BCUT2D eigenvalue weighted by atomic mass is 9.96. The summed E-state index contributed by atoms with van der Waals surface area (Å²) < 4.78 is 190. The molecule has 0 N–H and O–H groups in total. The van der Waals surface area contributed by atoms with Crippen molar-refractivity contribution in [2.24, 2.45) is 0 Å². The van der Waals surface area contributed by atoms with Gasteiger partial charge in [-0.15, -0.1) is 0 Å². The van der Waals surface area contributed by atoms with Gasteiger partial charge in [-0.2, -0.15) is 0 Å². The van der Waals surface area contributed by atoms with Gasteiger partial charge in [-0.3, -0.25) is 0 Å². The van der Waals surface area contributed by atoms with Gasteiger partial charge in [-0.1, -0.05) is 0 Å². The largest absolute Gasteiger partial charge is 0.382 e. The van der Waals surface area contributed by atoms with Crippen LogP contribution in [0.3, 0.4) is 0 Å². The average Bonchev–Trinajstić information content (AvgIpc) is 1.77. The van der Waals surface area contributed by atoms with Gasteiger partial charge in [0, 0.05) is 142 Å². The fourth-order valence-corrected chi connectivity index (χ4v) is 12.9. The second kappa shape index (κ2) is 37.6. The molecule has 31 nitrogen and oxygen atoms in total. The molecule has 0 aliphatic carbocycles. The van der Waals surface area contributed by atoms with E-state index in [2.05, 4.69) is 0 Å². The van der Waals surface area contributed by atoms with Crippen LogP contribution in [0.1, 0.15) is 0 Å². The van der Waals surface area contributed by atoms with Crippen LogP contribution in [0, 0.1) is 0 Å². The molecule has 6 rings (SSSR count). The van der Waals surface area contributed by atoms with Crippen LogP contribution < -0.4 is 0 Å². The van der Waals surface area contributed by atoms with Crippen molar-refractivity contribution < 1.29 is 147 Å². The Bertz CT molecular complexity index is 1860. The van der Waals surface area contributed by atoms with Crippen LogP contribution in [-0.4, -0.2) is 366 Å². The molecule has 0 aromatic heterocycles. The van der Waals surface area contributed by atoms with E-state index in [0.717, 1.165) is 0 Å². The minimum Gasteiger partial charge on any atom is -0.382 e. The summed E-state index contributed by atoms with van der Waals surface area (Å²) in [5.41, 5.74) is 0. The molecule has 31 heteroatoms. The van der Waals surface area contributed by atoms with Gasteiger partial charge >= 0.3 is 0 Å². The van der Waals surface area contributed by atoms with E-state index in [9.17, 15) is 0 Å². The Morgan fingerprint density at radius 2 is 0.310 bits per heavy atom. The van der Waals surface area contributed by atoms with E-state index in [-0.39, 0.29) is 39.6 Å². The zero-order valence-electron chi connectivity index (χ0n) is 54.2. The highest BCUT2D eigenvalue weighted by Gasteiger charge is 2.56. The molecular weight excluding hydrogens is 1170 g/mol. The number of methoxy groups -OCH3 is 20. The maximum Gasteiger partial charge on any atom is 0.187 e. The van der Waals surface area contributed by atoms with Crippen molar-refractivity contribution in [1.82, 2.24) is 0 Å². The standard InChI is InChI=1S/C56H102O31/c1-57-21-27-33(58-2)40(65-9)46(71-15)52(83-27)78-23-29-35(60-4)42(67-11)48(73-17)54(85-29)80-25-31-37(62-6)44(69-13)50(75-19)56(87-31)81-26-32-38(63-7)43(68-12)49(74-18)55(86-32)79-24-30-36(61-5)41(66-10)47(72-16)53(84-30)77-22-28-34(59-3)39(64-8)45(70-14)51(76-20)82-28/h27-56H,21-26H2,1-20H3/t27-,28-,29-,30-,31-,32-,33-,34-,35-,36-,37-,38-,39+,40+,41+,42+,43+,44+,45-,46-,47-,48-,49-,50-,51?,52+,53+,54+,55+,56+/m1/s1. The van der Waals surface area contributed by atoms with Crippen molar-refractivity contribution in [3.8, 4) is 0 Å². The summed E-state index contributed by atoms with van der Waals surface area (Å²) >= 11 is 0. The number of hydrogen-bond donors (Lipinski definition) is 0. The van der Waals surface area contributed by atoms with E-state index < -0.39 is 184 Å². The summed E-state index contributed by atoms with van der Waals surface area (Å²) in [5.74, 6) is 0. The lowest BCUT2D eigenvalue weighted by Gasteiger charge is -2.48. The Labute approximate surface area is 511 Å². The second-order valence-electron chi connectivity index (χ2n) is 21.2. The molecule has 0 aromatic carbocycles. The third kappa shape index (κ3) is 17.0. The van der Waals surface area contributed by atoms with Gasteiger partial charge in [0.05, 0.1) is 39.6 Å². The molecule has 6 aliphatic rings. The molecule has 512 valence electrons. The van der Waals surface area contributed by atoms with Gasteiger partial charge in [-0.25, -0.2) is 0 Å². The first kappa shape index (κ1) is 74.8. The van der Waals surface area contributed by atoms with Crippen molar-refractivity contribution in [3.63, 3.8) is 0 Å². The van der Waals surface area contributed by atoms with E-state index in [1.165, 1.54) is 78.2 Å². The molecule has 0 aromatic rings. The van der Waals surface area contributed by atoms with Crippen LogP contribution in [-0.2, 0) is 147 Å². The fraction of sp³-hybridized carbons (Fsp3) is 1.00. The number of ether oxygens (including phenoxy) is 31. The molecule has 0 bridgehead atoms. The topological polar surface area (TPSA) is 286 Å². The highest BCUT2D eigenvalue weighted by molar-refractivity contribution is 5.00. The molecule has 0 radical (unpaired) electrons. The van der Waals surface area contributed by atoms with Crippen molar-refractivity contribution in [1.29, 1.82) is 0 Å². The Morgan fingerprint density at radius 1 is 0.161 bits per heavy atom. The molecule has 6 aliphatic heterocycles. The first-order valence-corrected chi connectivity index (χ1v) is 28.8. The third-order valence-corrected chi connectivity index (χ3v) is 17.1. The van der Waals surface area contributed by atoms with Crippen LogP contribution in [0.5, 0.6) is 0 Å². The quantitative estimate of drug-likeness (QED) is 0.0726. The van der Waals surface area contributed by atoms with Gasteiger partial charge in [0.25, 0.3) is 0 Å². The lowest BCUT2D eigenvalue weighted by Crippen LogP contribution is -2.65. The summed E-state index contributed by atoms with van der Waals surface area (Å²) in [6.07, 6.45) is -23.1. The molecule has 0 amide bonds. The predicted octanol–water partition coefficient (Wildman–Crippen LogP) is -1.02. The van der Waals surface area contributed by atoms with E-state index in [1.807, 2.05) is 0 Å². The molecule has 6 saturated heterocycles. The Morgan fingerprint density at radius 3 is 0.460 bits per heavy atom. The molecular formula is C56H102O31. The van der Waals surface area contributed by atoms with Crippen LogP contribution >= 0.6 is 0 Å². The molecule has 1 unspecified atom stereocenters. The molecule has 6 fully saturated rings. The summed E-state index contributed by atoms with van der Waals surface area (Å²) in [5, 5.41) is 0. The first-order valence-electron chi connectivity index (χ1n) is 28.8. The van der Waals surface area contributed by atoms with Crippen LogP contribution in [0.25, 0.3) is 0 Å². The zero-order chi connectivity index (χ0) is 63.5. The van der Waals surface area contributed by atoms with Crippen molar-refractivity contribution in [2.75, 3.05) is 182 Å². The smallest absolute Gasteiger partial charge is 0.187 e. The predicted molar refractivity (Wildman–Crippen MR) is 295 cm³/mol. The maximum atomic E-state index is 6.71. The number of hydrogen-bond acceptors (Lipinski definition) is 31. The average molecular weight is 1270 g/mol. The molecule has 0 spiro atoms. The van der Waals surface area contributed by atoms with E-state index in [0.29, 0.717) is 0 Å². The minimum absolute atomic E-state index is 0.0332. The van der Waals surface area contributed by atoms with E-state index in [4.69, 9.17) is 147 Å². The third-order valence-electron chi connectivity index (χ3n) is 17.1. The van der Waals surface area contributed by atoms with Crippen molar-refractivity contribution in [3.05, 3.63) is 0 Å². The van der Waals surface area contributed by atoms with Gasteiger partial charge < -0.3 is 147 Å².